The average molecular weight is 427 g/mol. The van der Waals surface area contributed by atoms with Crippen LogP contribution in [0.25, 0.3) is 0 Å². The maximum absolute atomic E-state index is 12.6. The summed E-state index contributed by atoms with van der Waals surface area (Å²) in [6, 6.07) is 11.3. The topological polar surface area (TPSA) is 86.6 Å². The summed E-state index contributed by atoms with van der Waals surface area (Å²) in [7, 11) is -3.60. The Bertz CT molecular complexity index is 792. The number of hydrogen-bond acceptors (Lipinski definition) is 2. The van der Waals surface area contributed by atoms with Gasteiger partial charge in [0, 0.05) is 4.47 Å². The first-order chi connectivity index (χ1) is 11.8. The minimum atomic E-state index is -3.60. The van der Waals surface area contributed by atoms with E-state index in [1.165, 1.54) is 12.1 Å². The van der Waals surface area contributed by atoms with Gasteiger partial charge in [0.1, 0.15) is 0 Å². The summed E-state index contributed by atoms with van der Waals surface area (Å²) < 4.78 is 26.0. The van der Waals surface area contributed by atoms with Gasteiger partial charge in [0.2, 0.25) is 4.90 Å². The zero-order valence-electron chi connectivity index (χ0n) is 13.9. The first kappa shape index (κ1) is 19.6. The maximum atomic E-state index is 12.6. The van der Waals surface area contributed by atoms with Crippen molar-refractivity contribution in [1.82, 2.24) is 0 Å². The fourth-order valence-corrected chi connectivity index (χ4v) is 3.87. The third-order valence-electron chi connectivity index (χ3n) is 3.77. The molecule has 0 heterocycles. The van der Waals surface area contributed by atoms with Crippen molar-refractivity contribution in [3.8, 4) is 0 Å². The number of unbranched alkanes of at least 4 members (excludes halogenated alkanes) is 2. The van der Waals surface area contributed by atoms with E-state index in [1.54, 1.807) is 18.2 Å². The highest BCUT2D eigenvalue weighted by Crippen LogP contribution is 2.26. The Labute approximate surface area is 157 Å². The van der Waals surface area contributed by atoms with Crippen LogP contribution < -0.4 is 4.72 Å². The van der Waals surface area contributed by atoms with E-state index in [0.29, 0.717) is 4.47 Å². The van der Waals surface area contributed by atoms with Crippen LogP contribution in [-0.2, 0) is 21.0 Å². The van der Waals surface area contributed by atoms with Crippen molar-refractivity contribution in [1.29, 1.82) is 0 Å². The number of carbonyl (C=O) groups is 1. The molecule has 0 aliphatic rings. The Morgan fingerprint density at radius 1 is 1.16 bits per heavy atom. The number of aromatic carboxylic acids is 1. The molecular formula is C18H21BrNO4S+. The molecule has 2 rings (SSSR count). The number of carboxylic acid groups (broad SMARTS) is 1. The lowest BCUT2D eigenvalue weighted by atomic mass is 10.1. The van der Waals surface area contributed by atoms with Crippen LogP contribution >= 0.6 is 15.9 Å². The summed E-state index contributed by atoms with van der Waals surface area (Å²) in [6.45, 7) is 2.14. The number of benzene rings is 2. The van der Waals surface area contributed by atoms with Crippen LogP contribution in [0.5, 0.6) is 0 Å². The van der Waals surface area contributed by atoms with Crippen LogP contribution in [0.3, 0.4) is 0 Å². The monoisotopic (exact) mass is 426 g/mol. The summed E-state index contributed by atoms with van der Waals surface area (Å²) in [6.07, 6.45) is 4.32. The molecule has 3 N–H and O–H groups in total. The van der Waals surface area contributed by atoms with Gasteiger partial charge in [0.15, 0.2) is 0 Å². The normalized spacial score (nSPS) is 13.2. The van der Waals surface area contributed by atoms with Crippen LogP contribution in [0.15, 0.2) is 51.8 Å². The van der Waals surface area contributed by atoms with E-state index in [0.717, 1.165) is 31.2 Å². The molecule has 134 valence electrons. The highest BCUT2D eigenvalue weighted by molar-refractivity contribution is 9.10. The van der Waals surface area contributed by atoms with Crippen LogP contribution in [0.2, 0.25) is 0 Å². The fraction of sp³-hybridized carbons (Fsp3) is 0.278. The molecule has 0 radical (unpaired) electrons. The molecule has 25 heavy (non-hydrogen) atoms. The number of nitrogens with one attached hydrogen (secondary N) is 1. The lowest BCUT2D eigenvalue weighted by Crippen LogP contribution is -2.22. The molecule has 0 bridgehead atoms. The van der Waals surface area contributed by atoms with E-state index < -0.39 is 16.4 Å². The molecule has 0 spiro atoms. The third-order valence-corrected chi connectivity index (χ3v) is 5.67. The van der Waals surface area contributed by atoms with Gasteiger partial charge in [-0.1, -0.05) is 47.8 Å². The van der Waals surface area contributed by atoms with Crippen molar-refractivity contribution in [3.63, 3.8) is 0 Å². The standard InChI is InChI=1S/C18H20BrNO4S/c1-2-3-4-5-13-6-9-15(10-7-13)25(23,24)20-17-11-8-14(19)12-16(17)18(21)22/h6-12H,2-5H2,1H3,(H2-,20,21,22,23,24)/p+1. The molecular weight excluding hydrogens is 406 g/mol. The van der Waals surface area contributed by atoms with Gasteiger partial charge >= 0.3 is 16.4 Å². The first-order valence-corrected chi connectivity index (χ1v) is 10.3. The van der Waals surface area contributed by atoms with E-state index in [2.05, 4.69) is 27.6 Å². The average Bonchev–Trinajstić information content (AvgIpc) is 2.57. The molecule has 0 saturated carbocycles. The number of aryl methyl sites for hydroxylation is 1. The van der Waals surface area contributed by atoms with Crippen molar-refractivity contribution < 1.29 is 18.7 Å². The molecule has 0 fully saturated rings. The molecule has 7 heteroatoms. The van der Waals surface area contributed by atoms with Crippen LogP contribution in [0, 0.1) is 0 Å². The molecule has 0 aromatic heterocycles. The predicted molar refractivity (Wildman–Crippen MR) is 103 cm³/mol. The summed E-state index contributed by atoms with van der Waals surface area (Å²) in [4.78, 5) is 11.5. The molecule has 1 unspecified atom stereocenters. The second kappa shape index (κ2) is 8.60. The van der Waals surface area contributed by atoms with Gasteiger partial charge in [-0.15, -0.1) is 0 Å². The zero-order chi connectivity index (χ0) is 18.4. The van der Waals surface area contributed by atoms with Crippen molar-refractivity contribution in [3.05, 3.63) is 58.1 Å². The van der Waals surface area contributed by atoms with E-state index in [1.807, 2.05) is 12.1 Å². The lowest BCUT2D eigenvalue weighted by molar-refractivity contribution is 0.0698. The van der Waals surface area contributed by atoms with Crippen LogP contribution in [-0.4, -0.2) is 15.6 Å². The minimum Gasteiger partial charge on any atom is -0.478 e. The van der Waals surface area contributed by atoms with Crippen LogP contribution in [0.1, 0.15) is 42.1 Å². The SMILES string of the molecule is CCCCCc1ccc([S+](=O)(O)Nc2ccc(Br)cc2C(=O)O)cc1. The van der Waals surface area contributed by atoms with E-state index in [9.17, 15) is 18.7 Å². The molecule has 0 aliphatic heterocycles. The van der Waals surface area contributed by atoms with Crippen molar-refractivity contribution >= 4 is 38.0 Å². The van der Waals surface area contributed by atoms with Crippen molar-refractivity contribution in [2.45, 2.75) is 37.5 Å². The Morgan fingerprint density at radius 2 is 1.84 bits per heavy atom. The number of carboxylic acids is 1. The van der Waals surface area contributed by atoms with Gasteiger partial charge in [-0.3, -0.25) is 0 Å². The van der Waals surface area contributed by atoms with E-state index in [4.69, 9.17) is 0 Å². The molecule has 0 aliphatic carbocycles. The Kier molecular flexibility index (Phi) is 6.75. The van der Waals surface area contributed by atoms with Gasteiger partial charge in [0.25, 0.3) is 0 Å². The molecule has 0 saturated heterocycles. The number of halogens is 1. The second-order valence-corrected chi connectivity index (χ2v) is 8.37. The Hall–Kier alpha value is -1.70. The van der Waals surface area contributed by atoms with Crippen molar-refractivity contribution in [2.24, 2.45) is 0 Å². The Balaban J connectivity index is 2.19. The summed E-state index contributed by atoms with van der Waals surface area (Å²) in [5.74, 6) is -1.18. The molecule has 2 aromatic carbocycles. The van der Waals surface area contributed by atoms with Gasteiger partial charge in [-0.05, 0) is 52.9 Å². The zero-order valence-corrected chi connectivity index (χ0v) is 16.3. The smallest absolute Gasteiger partial charge is 0.346 e. The number of rotatable bonds is 8. The van der Waals surface area contributed by atoms with Gasteiger partial charge in [0.05, 0.1) is 11.3 Å². The van der Waals surface area contributed by atoms with Crippen molar-refractivity contribution in [2.75, 3.05) is 4.72 Å². The molecule has 2 aromatic rings. The largest absolute Gasteiger partial charge is 0.478 e. The number of hydrogen-bond donors (Lipinski definition) is 3. The minimum absolute atomic E-state index is 0.0765. The lowest BCUT2D eigenvalue weighted by Gasteiger charge is -2.10. The highest BCUT2D eigenvalue weighted by atomic mass is 79.9. The predicted octanol–water partition coefficient (Wildman–Crippen LogP) is 5.24. The quantitative estimate of drug-likeness (QED) is 0.397. The molecule has 0 amide bonds. The van der Waals surface area contributed by atoms with E-state index >= 15 is 0 Å². The molecule has 5 nitrogen and oxygen atoms in total. The molecule has 1 atom stereocenters. The maximum Gasteiger partial charge on any atom is 0.346 e. The highest BCUT2D eigenvalue weighted by Gasteiger charge is 2.31. The summed E-state index contributed by atoms with van der Waals surface area (Å²) in [5.41, 5.74) is 1.13. The van der Waals surface area contributed by atoms with Gasteiger partial charge in [-0.2, -0.15) is 9.27 Å². The number of anilines is 1. The third kappa shape index (κ3) is 5.39. The van der Waals surface area contributed by atoms with Gasteiger partial charge < -0.3 is 5.11 Å². The van der Waals surface area contributed by atoms with E-state index in [-0.39, 0.29) is 16.1 Å². The summed E-state index contributed by atoms with van der Waals surface area (Å²) in [5, 5.41) is 9.26. The second-order valence-electron chi connectivity index (χ2n) is 5.72. The summed E-state index contributed by atoms with van der Waals surface area (Å²) >= 11 is 3.20. The Morgan fingerprint density at radius 3 is 2.44 bits per heavy atom. The fourth-order valence-electron chi connectivity index (χ4n) is 2.41. The first-order valence-electron chi connectivity index (χ1n) is 7.99. The van der Waals surface area contributed by atoms with Crippen LogP contribution in [0.4, 0.5) is 5.69 Å². The van der Waals surface area contributed by atoms with Gasteiger partial charge in [-0.25, -0.2) is 4.79 Å².